The van der Waals surface area contributed by atoms with Gasteiger partial charge in [-0.25, -0.2) is 0 Å². The molecule has 0 unspecified atom stereocenters. The maximum Gasteiger partial charge on any atom is 0.256 e. The van der Waals surface area contributed by atoms with Crippen LogP contribution in [0.3, 0.4) is 0 Å². The Balaban J connectivity index is 1.75. The van der Waals surface area contributed by atoms with Gasteiger partial charge in [0, 0.05) is 10.4 Å². The van der Waals surface area contributed by atoms with Crippen LogP contribution in [-0.4, -0.2) is 18.4 Å². The van der Waals surface area contributed by atoms with Crippen molar-refractivity contribution in [3.05, 3.63) is 45.8 Å². The van der Waals surface area contributed by atoms with Crippen LogP contribution in [-0.2, 0) is 12.8 Å². The maximum absolute atomic E-state index is 12.6. The van der Waals surface area contributed by atoms with Gasteiger partial charge in [0.25, 0.3) is 11.8 Å². The van der Waals surface area contributed by atoms with Crippen molar-refractivity contribution in [3.63, 3.8) is 0 Å². The molecule has 0 bridgehead atoms. The molecule has 5 nitrogen and oxygen atoms in total. The highest BCUT2D eigenvalue weighted by Crippen LogP contribution is 2.39. The van der Waals surface area contributed by atoms with Crippen LogP contribution in [0, 0.1) is 5.92 Å². The van der Waals surface area contributed by atoms with E-state index < -0.39 is 5.91 Å². The minimum absolute atomic E-state index is 0.246. The lowest BCUT2D eigenvalue weighted by Crippen LogP contribution is -2.19. The second-order valence-electron chi connectivity index (χ2n) is 7.10. The molecule has 0 spiro atoms. The predicted octanol–water partition coefficient (Wildman–Crippen LogP) is 4.40. The van der Waals surface area contributed by atoms with E-state index in [1.54, 1.807) is 24.3 Å². The van der Waals surface area contributed by atoms with E-state index in [9.17, 15) is 9.59 Å². The Labute approximate surface area is 163 Å². The largest absolute Gasteiger partial charge is 0.494 e. The van der Waals surface area contributed by atoms with Crippen molar-refractivity contribution < 1.29 is 14.3 Å². The molecule has 27 heavy (non-hydrogen) atoms. The van der Waals surface area contributed by atoms with E-state index in [-0.39, 0.29) is 5.91 Å². The summed E-state index contributed by atoms with van der Waals surface area (Å²) in [7, 11) is 0. The predicted molar refractivity (Wildman–Crippen MR) is 109 cm³/mol. The van der Waals surface area contributed by atoms with Crippen LogP contribution in [0.4, 0.5) is 5.00 Å². The van der Waals surface area contributed by atoms with E-state index in [4.69, 9.17) is 10.5 Å². The molecule has 0 radical (unpaired) electrons. The van der Waals surface area contributed by atoms with E-state index in [1.807, 2.05) is 0 Å². The molecule has 1 aliphatic carbocycles. The average molecular weight is 387 g/mol. The number of hydrogen-bond acceptors (Lipinski definition) is 4. The van der Waals surface area contributed by atoms with Crippen LogP contribution in [0.1, 0.15) is 64.3 Å². The van der Waals surface area contributed by atoms with Crippen molar-refractivity contribution in [1.29, 1.82) is 0 Å². The summed E-state index contributed by atoms with van der Waals surface area (Å²) in [6.07, 6.45) is 4.94. The van der Waals surface area contributed by atoms with Crippen LogP contribution in [0.2, 0.25) is 0 Å². The van der Waals surface area contributed by atoms with Crippen LogP contribution < -0.4 is 15.8 Å². The van der Waals surface area contributed by atoms with Crippen molar-refractivity contribution in [1.82, 2.24) is 0 Å². The quantitative estimate of drug-likeness (QED) is 0.692. The first-order valence-electron chi connectivity index (χ1n) is 9.48. The number of unbranched alkanes of at least 4 members (excludes halogenated alkanes) is 1. The number of benzene rings is 1. The Morgan fingerprint density at radius 3 is 2.70 bits per heavy atom. The van der Waals surface area contributed by atoms with E-state index in [2.05, 4.69) is 19.2 Å². The molecule has 6 heteroatoms. The lowest BCUT2D eigenvalue weighted by molar-refractivity contribution is 0.1000. The van der Waals surface area contributed by atoms with Crippen molar-refractivity contribution in [2.75, 3.05) is 11.9 Å². The molecular weight excluding hydrogens is 360 g/mol. The number of fused-ring (bicyclic) bond motifs is 1. The van der Waals surface area contributed by atoms with E-state index in [0.717, 1.165) is 48.3 Å². The third-order valence-corrected chi connectivity index (χ3v) is 6.07. The average Bonchev–Trinajstić information content (AvgIpc) is 2.99. The highest BCUT2D eigenvalue weighted by molar-refractivity contribution is 7.17. The minimum Gasteiger partial charge on any atom is -0.494 e. The Kier molecular flexibility index (Phi) is 6.16. The summed E-state index contributed by atoms with van der Waals surface area (Å²) in [5.74, 6) is 0.549. The summed E-state index contributed by atoms with van der Waals surface area (Å²) in [6, 6.07) is 7.05. The number of carbonyl (C=O) groups is 2. The second-order valence-corrected chi connectivity index (χ2v) is 8.21. The number of thiophene rings is 1. The van der Waals surface area contributed by atoms with Gasteiger partial charge < -0.3 is 15.8 Å². The number of hydrogen-bond donors (Lipinski definition) is 2. The third kappa shape index (κ3) is 4.50. The fourth-order valence-corrected chi connectivity index (χ4v) is 4.56. The summed E-state index contributed by atoms with van der Waals surface area (Å²) in [6.45, 7) is 4.96. The second kappa shape index (κ2) is 8.57. The first kappa shape index (κ1) is 19.4. The first-order valence-corrected chi connectivity index (χ1v) is 10.3. The standard InChI is InChI=1S/C21H26N2O3S/c1-3-4-11-26-15-8-6-14(7-9-15)20(25)23-21-18(19(22)24)16-12-13(2)5-10-17(16)27-21/h6-9,13H,3-5,10-12H2,1-2H3,(H2,22,24)(H,23,25)/t13-/m1/s1. The number of carbonyl (C=O) groups excluding carboxylic acids is 2. The van der Waals surface area contributed by atoms with Gasteiger partial charge in [0.15, 0.2) is 0 Å². The van der Waals surface area contributed by atoms with Gasteiger partial charge >= 0.3 is 0 Å². The summed E-state index contributed by atoms with van der Waals surface area (Å²) in [5, 5.41) is 3.45. The van der Waals surface area contributed by atoms with Gasteiger partial charge in [-0.15, -0.1) is 11.3 Å². The van der Waals surface area contributed by atoms with Gasteiger partial charge in [0.2, 0.25) is 0 Å². The van der Waals surface area contributed by atoms with E-state index in [0.29, 0.717) is 28.7 Å². The number of aryl methyl sites for hydroxylation is 1. The number of primary amides is 1. The fraction of sp³-hybridized carbons (Fsp3) is 0.429. The number of anilines is 1. The molecule has 2 aromatic rings. The SMILES string of the molecule is CCCCOc1ccc(C(=O)Nc2sc3c(c2C(N)=O)C[C@H](C)CC3)cc1. The summed E-state index contributed by atoms with van der Waals surface area (Å²) < 4.78 is 5.62. The minimum atomic E-state index is -0.475. The highest BCUT2D eigenvalue weighted by atomic mass is 32.1. The van der Waals surface area contributed by atoms with Crippen molar-refractivity contribution >= 4 is 28.2 Å². The molecule has 0 aliphatic heterocycles. The molecule has 0 saturated heterocycles. The summed E-state index contributed by atoms with van der Waals surface area (Å²) >= 11 is 1.47. The van der Waals surface area contributed by atoms with Crippen LogP contribution in [0.25, 0.3) is 0 Å². The third-order valence-electron chi connectivity index (χ3n) is 4.86. The van der Waals surface area contributed by atoms with Gasteiger partial charge in [0.05, 0.1) is 12.2 Å². The zero-order valence-corrected chi connectivity index (χ0v) is 16.7. The van der Waals surface area contributed by atoms with Gasteiger partial charge in [-0.05, 0) is 61.4 Å². The van der Waals surface area contributed by atoms with Crippen molar-refractivity contribution in [2.45, 2.75) is 46.0 Å². The molecule has 144 valence electrons. The van der Waals surface area contributed by atoms with Crippen LogP contribution in [0.15, 0.2) is 24.3 Å². The monoisotopic (exact) mass is 386 g/mol. The zero-order chi connectivity index (χ0) is 19.4. The molecule has 3 rings (SSSR count). The Morgan fingerprint density at radius 1 is 1.30 bits per heavy atom. The number of ether oxygens (including phenoxy) is 1. The van der Waals surface area contributed by atoms with Crippen molar-refractivity contribution in [3.8, 4) is 5.75 Å². The lowest BCUT2D eigenvalue weighted by atomic mass is 9.87. The Morgan fingerprint density at radius 2 is 2.04 bits per heavy atom. The fourth-order valence-electron chi connectivity index (χ4n) is 3.32. The lowest BCUT2D eigenvalue weighted by Gasteiger charge is -2.18. The molecule has 1 aromatic carbocycles. The number of rotatable bonds is 7. The van der Waals surface area contributed by atoms with E-state index in [1.165, 1.54) is 11.3 Å². The molecule has 0 saturated carbocycles. The van der Waals surface area contributed by atoms with Gasteiger partial charge in [-0.2, -0.15) is 0 Å². The number of nitrogens with one attached hydrogen (secondary N) is 1. The molecule has 1 atom stereocenters. The summed E-state index contributed by atoms with van der Waals surface area (Å²) in [4.78, 5) is 25.8. The number of amides is 2. The van der Waals surface area contributed by atoms with Gasteiger partial charge in [-0.1, -0.05) is 20.3 Å². The first-order chi connectivity index (χ1) is 13.0. The highest BCUT2D eigenvalue weighted by Gasteiger charge is 2.27. The summed E-state index contributed by atoms with van der Waals surface area (Å²) in [5.41, 5.74) is 7.64. The molecule has 1 aliphatic rings. The number of nitrogens with two attached hydrogens (primary N) is 1. The van der Waals surface area contributed by atoms with E-state index >= 15 is 0 Å². The van der Waals surface area contributed by atoms with Crippen molar-refractivity contribution in [2.24, 2.45) is 11.7 Å². The normalized spacial score (nSPS) is 15.9. The van der Waals surface area contributed by atoms with Gasteiger partial charge in [0.1, 0.15) is 10.8 Å². The molecule has 1 heterocycles. The Hall–Kier alpha value is -2.34. The molecule has 1 aromatic heterocycles. The van der Waals surface area contributed by atoms with Crippen LogP contribution >= 0.6 is 11.3 Å². The maximum atomic E-state index is 12.6. The van der Waals surface area contributed by atoms with Crippen LogP contribution in [0.5, 0.6) is 5.75 Å². The molecular formula is C21H26N2O3S. The molecule has 2 amide bonds. The van der Waals surface area contributed by atoms with Gasteiger partial charge in [-0.3, -0.25) is 9.59 Å². The smallest absolute Gasteiger partial charge is 0.256 e. The Bertz CT molecular complexity index is 827. The zero-order valence-electron chi connectivity index (χ0n) is 15.8. The molecule has 0 fully saturated rings. The topological polar surface area (TPSA) is 81.4 Å². The molecule has 3 N–H and O–H groups in total.